The molecule has 1 N–H and O–H groups in total. The largest absolute Gasteiger partial charge is 0.410 e. The van der Waals surface area contributed by atoms with Gasteiger partial charge in [0.05, 0.1) is 0 Å². The summed E-state index contributed by atoms with van der Waals surface area (Å²) in [4.78, 5) is 0. The highest BCUT2D eigenvalue weighted by atomic mass is 16.4. The first-order valence-corrected chi connectivity index (χ1v) is 7.32. The molecule has 0 atom stereocenters. The van der Waals surface area contributed by atoms with E-state index in [1.165, 1.54) is 0 Å². The van der Waals surface area contributed by atoms with Crippen LogP contribution in [0.2, 0.25) is 0 Å². The van der Waals surface area contributed by atoms with Gasteiger partial charge in [0.2, 0.25) is 0 Å². The SMILES string of the molecule is O/N=C(/c1ccccc1)c1ccccc1C#Cc1ccccc1. The molecule has 0 saturated heterocycles. The maximum Gasteiger partial charge on any atom is 0.118 e. The van der Waals surface area contributed by atoms with Crippen LogP contribution < -0.4 is 0 Å². The van der Waals surface area contributed by atoms with Crippen LogP contribution in [-0.2, 0) is 0 Å². The predicted octanol–water partition coefficient (Wildman–Crippen LogP) is 4.31. The van der Waals surface area contributed by atoms with E-state index in [1.54, 1.807) is 0 Å². The van der Waals surface area contributed by atoms with Crippen molar-refractivity contribution in [3.05, 3.63) is 107 Å². The molecule has 0 aliphatic carbocycles. The minimum absolute atomic E-state index is 0.517. The first-order chi connectivity index (χ1) is 11.4. The van der Waals surface area contributed by atoms with Gasteiger partial charge in [0.15, 0.2) is 0 Å². The molecule has 3 rings (SSSR count). The minimum Gasteiger partial charge on any atom is -0.410 e. The monoisotopic (exact) mass is 297 g/mol. The zero-order valence-corrected chi connectivity index (χ0v) is 12.5. The van der Waals surface area contributed by atoms with Gasteiger partial charge in [-0.05, 0) is 18.2 Å². The van der Waals surface area contributed by atoms with Crippen LogP contribution in [0.5, 0.6) is 0 Å². The van der Waals surface area contributed by atoms with Crippen LogP contribution >= 0.6 is 0 Å². The first-order valence-electron chi connectivity index (χ1n) is 7.32. The third-order valence-corrected chi connectivity index (χ3v) is 3.44. The van der Waals surface area contributed by atoms with E-state index in [1.807, 2.05) is 84.9 Å². The second-order valence-electron chi connectivity index (χ2n) is 4.98. The fourth-order valence-electron chi connectivity index (χ4n) is 2.32. The molecule has 2 nitrogen and oxygen atoms in total. The second-order valence-corrected chi connectivity index (χ2v) is 4.98. The van der Waals surface area contributed by atoms with Gasteiger partial charge in [0.1, 0.15) is 5.71 Å². The maximum absolute atomic E-state index is 9.48. The summed E-state index contributed by atoms with van der Waals surface area (Å²) in [6, 6.07) is 27.1. The Labute approximate surface area is 135 Å². The molecule has 3 aromatic carbocycles. The van der Waals surface area contributed by atoms with Crippen LogP contribution in [0, 0.1) is 11.8 Å². The maximum atomic E-state index is 9.48. The summed E-state index contributed by atoms with van der Waals surface area (Å²) in [5.74, 6) is 6.32. The molecule has 0 heterocycles. The topological polar surface area (TPSA) is 32.6 Å². The average molecular weight is 297 g/mol. The summed E-state index contributed by atoms with van der Waals surface area (Å²) < 4.78 is 0. The lowest BCUT2D eigenvalue weighted by Gasteiger charge is -2.07. The highest BCUT2D eigenvalue weighted by molar-refractivity contribution is 6.13. The first kappa shape index (κ1) is 14.6. The zero-order chi connectivity index (χ0) is 15.9. The molecule has 0 fully saturated rings. The second kappa shape index (κ2) is 7.11. The standard InChI is InChI=1S/C21H15NO/c23-22-21(19-12-5-2-6-13-19)20-14-8-7-11-18(20)16-15-17-9-3-1-4-10-17/h1-14,23H/b22-21-. The molecule has 0 bridgehead atoms. The van der Waals surface area contributed by atoms with Crippen molar-refractivity contribution in [3.63, 3.8) is 0 Å². The van der Waals surface area contributed by atoms with Crippen LogP contribution in [0.1, 0.15) is 22.3 Å². The van der Waals surface area contributed by atoms with Gasteiger partial charge in [-0.1, -0.05) is 83.7 Å². The normalized spacial score (nSPS) is 10.7. The lowest BCUT2D eigenvalue weighted by Crippen LogP contribution is -2.05. The fourth-order valence-corrected chi connectivity index (χ4v) is 2.32. The van der Waals surface area contributed by atoms with E-state index < -0.39 is 0 Å². The number of oxime groups is 1. The van der Waals surface area contributed by atoms with Crippen molar-refractivity contribution >= 4 is 5.71 Å². The van der Waals surface area contributed by atoms with Crippen LogP contribution in [0.25, 0.3) is 0 Å². The molecule has 23 heavy (non-hydrogen) atoms. The van der Waals surface area contributed by atoms with Crippen LogP contribution in [0.3, 0.4) is 0 Å². The fraction of sp³-hybridized carbons (Fsp3) is 0. The molecule has 0 radical (unpaired) electrons. The molecule has 0 amide bonds. The van der Waals surface area contributed by atoms with Gasteiger partial charge in [0.25, 0.3) is 0 Å². The van der Waals surface area contributed by atoms with Crippen molar-refractivity contribution in [2.24, 2.45) is 5.16 Å². The minimum atomic E-state index is 0.517. The van der Waals surface area contributed by atoms with Crippen molar-refractivity contribution in [1.82, 2.24) is 0 Å². The van der Waals surface area contributed by atoms with E-state index in [0.29, 0.717) is 5.71 Å². The molecule has 110 valence electrons. The zero-order valence-electron chi connectivity index (χ0n) is 12.5. The van der Waals surface area contributed by atoms with Crippen molar-refractivity contribution in [2.75, 3.05) is 0 Å². The van der Waals surface area contributed by atoms with Gasteiger partial charge in [0, 0.05) is 22.3 Å². The van der Waals surface area contributed by atoms with Gasteiger partial charge in [-0.25, -0.2) is 0 Å². The van der Waals surface area contributed by atoms with E-state index in [2.05, 4.69) is 17.0 Å². The average Bonchev–Trinajstić information content (AvgIpc) is 2.63. The number of rotatable bonds is 2. The molecule has 0 spiro atoms. The summed E-state index contributed by atoms with van der Waals surface area (Å²) in [5.41, 5.74) is 3.95. The van der Waals surface area contributed by atoms with Crippen LogP contribution in [-0.4, -0.2) is 10.9 Å². The molecule has 0 aromatic heterocycles. The van der Waals surface area contributed by atoms with Crippen molar-refractivity contribution in [1.29, 1.82) is 0 Å². The molecular weight excluding hydrogens is 282 g/mol. The van der Waals surface area contributed by atoms with Gasteiger partial charge in [-0.3, -0.25) is 0 Å². The Bertz CT molecular complexity index is 872. The third-order valence-electron chi connectivity index (χ3n) is 3.44. The Kier molecular flexibility index (Phi) is 4.52. The number of benzene rings is 3. The smallest absolute Gasteiger partial charge is 0.118 e. The van der Waals surface area contributed by atoms with Crippen molar-refractivity contribution < 1.29 is 5.21 Å². The predicted molar refractivity (Wildman–Crippen MR) is 92.7 cm³/mol. The Balaban J connectivity index is 2.03. The third kappa shape index (κ3) is 3.48. The lowest BCUT2D eigenvalue weighted by molar-refractivity contribution is 0.319. The summed E-state index contributed by atoms with van der Waals surface area (Å²) in [6.45, 7) is 0. The number of hydrogen-bond acceptors (Lipinski definition) is 2. The summed E-state index contributed by atoms with van der Waals surface area (Å²) >= 11 is 0. The Morgan fingerprint density at radius 3 is 2.00 bits per heavy atom. The molecule has 0 aliphatic rings. The lowest BCUT2D eigenvalue weighted by atomic mass is 9.97. The van der Waals surface area contributed by atoms with E-state index in [4.69, 9.17) is 0 Å². The van der Waals surface area contributed by atoms with Gasteiger partial charge in [-0.2, -0.15) is 0 Å². The summed E-state index contributed by atoms with van der Waals surface area (Å²) in [7, 11) is 0. The molecular formula is C21H15NO. The molecule has 3 aromatic rings. The molecule has 2 heteroatoms. The summed E-state index contributed by atoms with van der Waals surface area (Å²) in [6.07, 6.45) is 0. The molecule has 0 unspecified atom stereocenters. The van der Waals surface area contributed by atoms with E-state index in [0.717, 1.165) is 22.3 Å². The van der Waals surface area contributed by atoms with Gasteiger partial charge >= 0.3 is 0 Å². The van der Waals surface area contributed by atoms with Crippen molar-refractivity contribution in [2.45, 2.75) is 0 Å². The molecule has 0 saturated carbocycles. The highest BCUT2D eigenvalue weighted by Crippen LogP contribution is 2.15. The Hall–Kier alpha value is -3.31. The highest BCUT2D eigenvalue weighted by Gasteiger charge is 2.10. The number of nitrogens with zero attached hydrogens (tertiary/aromatic N) is 1. The summed E-state index contributed by atoms with van der Waals surface area (Å²) in [5, 5.41) is 13.0. The molecule has 0 aliphatic heterocycles. The van der Waals surface area contributed by atoms with Crippen LogP contribution in [0.15, 0.2) is 90.1 Å². The van der Waals surface area contributed by atoms with Crippen molar-refractivity contribution in [3.8, 4) is 11.8 Å². The van der Waals surface area contributed by atoms with Gasteiger partial charge in [-0.15, -0.1) is 0 Å². The van der Waals surface area contributed by atoms with Crippen LogP contribution in [0.4, 0.5) is 0 Å². The van der Waals surface area contributed by atoms with E-state index in [9.17, 15) is 5.21 Å². The number of hydrogen-bond donors (Lipinski definition) is 1. The van der Waals surface area contributed by atoms with E-state index in [-0.39, 0.29) is 0 Å². The quantitative estimate of drug-likeness (QED) is 0.325. The van der Waals surface area contributed by atoms with E-state index >= 15 is 0 Å². The Morgan fingerprint density at radius 1 is 0.696 bits per heavy atom. The Morgan fingerprint density at radius 2 is 1.30 bits per heavy atom. The van der Waals surface area contributed by atoms with Gasteiger partial charge < -0.3 is 5.21 Å².